The molecule has 0 radical (unpaired) electrons. The molecule has 1 saturated heterocycles. The average Bonchev–Trinajstić information content (AvgIpc) is 3.30. The number of carbonyl (C=O) groups is 1. The Bertz CT molecular complexity index is 916. The van der Waals surface area contributed by atoms with Crippen molar-refractivity contribution in [2.75, 3.05) is 25.5 Å². The summed E-state index contributed by atoms with van der Waals surface area (Å²) in [5, 5.41) is 7.21. The van der Waals surface area contributed by atoms with Crippen molar-refractivity contribution >= 4 is 11.9 Å². The van der Waals surface area contributed by atoms with Crippen molar-refractivity contribution < 1.29 is 23.0 Å². The predicted octanol–water partition coefficient (Wildman–Crippen LogP) is 3.37. The van der Waals surface area contributed by atoms with Crippen LogP contribution < -0.4 is 14.8 Å². The van der Waals surface area contributed by atoms with E-state index >= 15 is 0 Å². The maximum Gasteiger partial charge on any atom is 0.263 e. The van der Waals surface area contributed by atoms with E-state index in [-0.39, 0.29) is 17.9 Å². The quantitative estimate of drug-likeness (QED) is 0.698. The van der Waals surface area contributed by atoms with Gasteiger partial charge in [-0.25, -0.2) is 13.5 Å². The Kier molecular flexibility index (Phi) is 6.76. The number of likely N-dealkylation sites (tertiary alicyclic amines) is 1. The molecule has 32 heavy (non-hydrogen) atoms. The van der Waals surface area contributed by atoms with Crippen molar-refractivity contribution in [2.24, 2.45) is 5.92 Å². The van der Waals surface area contributed by atoms with Crippen LogP contribution in [0.2, 0.25) is 0 Å². The molecule has 3 heterocycles. The van der Waals surface area contributed by atoms with Crippen molar-refractivity contribution in [2.45, 2.75) is 57.2 Å². The molecular formula is C22H29F2N5O3. The number of nitrogens with one attached hydrogen (secondary N) is 1. The van der Waals surface area contributed by atoms with Crippen LogP contribution in [0.4, 0.5) is 14.7 Å². The van der Waals surface area contributed by atoms with Crippen molar-refractivity contribution in [1.82, 2.24) is 19.7 Å². The number of para-hydroxylation sites is 2. The van der Waals surface area contributed by atoms with E-state index < -0.39 is 18.6 Å². The molecule has 2 aliphatic rings. The number of methoxy groups -OCH3 is 1. The zero-order valence-electron chi connectivity index (χ0n) is 18.3. The van der Waals surface area contributed by atoms with Gasteiger partial charge in [0.05, 0.1) is 7.11 Å². The molecule has 2 aromatic rings. The lowest BCUT2D eigenvalue weighted by atomic mass is 9.85. The first-order valence-corrected chi connectivity index (χ1v) is 11.0. The van der Waals surface area contributed by atoms with Crippen LogP contribution in [0, 0.1) is 5.92 Å². The molecular weight excluding hydrogens is 420 g/mol. The van der Waals surface area contributed by atoms with Crippen LogP contribution in [0.15, 0.2) is 30.6 Å². The SMILES string of the molecule is CC[C@@H](Oc1ccccc1OC)C(=O)N1CCC([C@@H]2C[C@H](C(F)F)n3ncnc3N2)CC1. The maximum absolute atomic E-state index is 13.6. The summed E-state index contributed by atoms with van der Waals surface area (Å²) >= 11 is 0. The number of piperidine rings is 1. The summed E-state index contributed by atoms with van der Waals surface area (Å²) in [6, 6.07) is 6.17. The molecule has 10 heteroatoms. The Morgan fingerprint density at radius 3 is 2.62 bits per heavy atom. The van der Waals surface area contributed by atoms with E-state index in [1.807, 2.05) is 24.0 Å². The Labute approximate surface area is 185 Å². The summed E-state index contributed by atoms with van der Waals surface area (Å²) < 4.78 is 39.7. The highest BCUT2D eigenvalue weighted by atomic mass is 19.3. The maximum atomic E-state index is 13.6. The molecule has 8 nitrogen and oxygen atoms in total. The van der Waals surface area contributed by atoms with Gasteiger partial charge in [-0.2, -0.15) is 10.1 Å². The lowest BCUT2D eigenvalue weighted by molar-refractivity contribution is -0.140. The number of fused-ring (bicyclic) bond motifs is 1. The number of alkyl halides is 2. The Hall–Kier alpha value is -2.91. The van der Waals surface area contributed by atoms with Gasteiger partial charge in [0.2, 0.25) is 5.95 Å². The van der Waals surface area contributed by atoms with Crippen LogP contribution in [0.1, 0.15) is 38.6 Å². The first kappa shape index (κ1) is 22.3. The standard InChI is InChI=1S/C22H29F2N5O3/c1-3-17(32-19-7-5-4-6-18(19)31-2)21(30)28-10-8-14(9-11-28)15-12-16(20(23)24)29-22(27-15)25-13-26-29/h4-7,13-17,20H,3,8-12H2,1-2H3,(H,25,26,27)/t15-,16+,17+/m0/s1. The molecule has 3 atom stereocenters. The van der Waals surface area contributed by atoms with Crippen LogP contribution in [0.5, 0.6) is 11.5 Å². The first-order valence-electron chi connectivity index (χ1n) is 11.0. The number of aromatic nitrogens is 3. The zero-order chi connectivity index (χ0) is 22.7. The number of benzene rings is 1. The second-order valence-corrected chi connectivity index (χ2v) is 8.24. The highest BCUT2D eigenvalue weighted by molar-refractivity contribution is 5.81. The lowest BCUT2D eigenvalue weighted by Gasteiger charge is -2.40. The van der Waals surface area contributed by atoms with Gasteiger partial charge in [-0.1, -0.05) is 19.1 Å². The van der Waals surface area contributed by atoms with Gasteiger partial charge in [0, 0.05) is 19.1 Å². The van der Waals surface area contributed by atoms with Crippen LogP contribution in [0.25, 0.3) is 0 Å². The van der Waals surface area contributed by atoms with Gasteiger partial charge in [-0.15, -0.1) is 0 Å². The minimum Gasteiger partial charge on any atom is -0.493 e. The summed E-state index contributed by atoms with van der Waals surface area (Å²) in [6.45, 7) is 3.05. The van der Waals surface area contributed by atoms with E-state index in [1.54, 1.807) is 19.2 Å². The number of hydrogen-bond donors (Lipinski definition) is 1. The topological polar surface area (TPSA) is 81.5 Å². The molecule has 1 aromatic heterocycles. The monoisotopic (exact) mass is 449 g/mol. The van der Waals surface area contributed by atoms with E-state index in [0.29, 0.717) is 43.4 Å². The summed E-state index contributed by atoms with van der Waals surface area (Å²) in [4.78, 5) is 19.0. The number of ether oxygens (including phenoxy) is 2. The number of halogens is 2. The molecule has 0 saturated carbocycles. The molecule has 0 unspecified atom stereocenters. The molecule has 0 spiro atoms. The molecule has 1 N–H and O–H groups in total. The van der Waals surface area contributed by atoms with E-state index in [9.17, 15) is 13.6 Å². The number of nitrogens with zero attached hydrogens (tertiary/aromatic N) is 4. The molecule has 4 rings (SSSR count). The van der Waals surface area contributed by atoms with Gasteiger partial charge < -0.3 is 19.7 Å². The molecule has 0 aliphatic carbocycles. The van der Waals surface area contributed by atoms with Crippen molar-refractivity contribution in [3.8, 4) is 11.5 Å². The molecule has 174 valence electrons. The Morgan fingerprint density at radius 2 is 1.97 bits per heavy atom. The minimum absolute atomic E-state index is 0.0568. The third kappa shape index (κ3) is 4.49. The summed E-state index contributed by atoms with van der Waals surface area (Å²) in [5.41, 5.74) is 0. The van der Waals surface area contributed by atoms with Gasteiger partial charge in [0.1, 0.15) is 12.4 Å². The number of amides is 1. The van der Waals surface area contributed by atoms with Crippen molar-refractivity contribution in [1.29, 1.82) is 0 Å². The number of carbonyl (C=O) groups excluding carboxylic acids is 1. The number of hydrogen-bond acceptors (Lipinski definition) is 6. The van der Waals surface area contributed by atoms with Crippen LogP contribution in [-0.4, -0.2) is 64.3 Å². The van der Waals surface area contributed by atoms with E-state index in [2.05, 4.69) is 15.4 Å². The normalized spacial score (nSPS) is 22.2. The molecule has 1 fully saturated rings. The first-order chi connectivity index (χ1) is 15.5. The lowest BCUT2D eigenvalue weighted by Crippen LogP contribution is -2.49. The third-order valence-corrected chi connectivity index (χ3v) is 6.39. The van der Waals surface area contributed by atoms with E-state index in [4.69, 9.17) is 9.47 Å². The van der Waals surface area contributed by atoms with Crippen LogP contribution >= 0.6 is 0 Å². The van der Waals surface area contributed by atoms with E-state index in [0.717, 1.165) is 12.8 Å². The summed E-state index contributed by atoms with van der Waals surface area (Å²) in [6.07, 6.45) is 0.496. The minimum atomic E-state index is -2.50. The highest BCUT2D eigenvalue weighted by Crippen LogP contribution is 2.36. The molecule has 2 aliphatic heterocycles. The highest BCUT2D eigenvalue weighted by Gasteiger charge is 2.39. The number of rotatable bonds is 7. The largest absolute Gasteiger partial charge is 0.493 e. The fourth-order valence-electron chi connectivity index (χ4n) is 4.60. The predicted molar refractivity (Wildman–Crippen MR) is 114 cm³/mol. The number of anilines is 1. The van der Waals surface area contributed by atoms with Gasteiger partial charge in [0.25, 0.3) is 12.3 Å². The Balaban J connectivity index is 1.36. The van der Waals surface area contributed by atoms with Crippen molar-refractivity contribution in [3.05, 3.63) is 30.6 Å². The molecule has 0 bridgehead atoms. The van der Waals surface area contributed by atoms with Gasteiger partial charge in [0.15, 0.2) is 17.6 Å². The van der Waals surface area contributed by atoms with Crippen molar-refractivity contribution in [3.63, 3.8) is 0 Å². The zero-order valence-corrected chi connectivity index (χ0v) is 18.3. The van der Waals surface area contributed by atoms with Gasteiger partial charge >= 0.3 is 0 Å². The fourth-order valence-corrected chi connectivity index (χ4v) is 4.60. The average molecular weight is 450 g/mol. The fraction of sp³-hybridized carbons (Fsp3) is 0.591. The third-order valence-electron chi connectivity index (χ3n) is 6.39. The Morgan fingerprint density at radius 1 is 1.25 bits per heavy atom. The van der Waals surface area contributed by atoms with Crippen LogP contribution in [-0.2, 0) is 4.79 Å². The van der Waals surface area contributed by atoms with E-state index in [1.165, 1.54) is 11.0 Å². The summed E-state index contributed by atoms with van der Waals surface area (Å²) in [7, 11) is 1.57. The second-order valence-electron chi connectivity index (χ2n) is 8.24. The second kappa shape index (κ2) is 9.70. The molecule has 1 amide bonds. The smallest absolute Gasteiger partial charge is 0.263 e. The molecule has 1 aromatic carbocycles. The van der Waals surface area contributed by atoms with Gasteiger partial charge in [-0.3, -0.25) is 4.79 Å². The van der Waals surface area contributed by atoms with Gasteiger partial charge in [-0.05, 0) is 43.7 Å². The van der Waals surface area contributed by atoms with Crippen LogP contribution in [0.3, 0.4) is 0 Å². The summed E-state index contributed by atoms with van der Waals surface area (Å²) in [5.74, 6) is 1.64.